The van der Waals surface area contributed by atoms with E-state index in [4.69, 9.17) is 11.6 Å². The second-order valence-corrected chi connectivity index (χ2v) is 6.79. The van der Waals surface area contributed by atoms with Gasteiger partial charge in [-0.3, -0.25) is 0 Å². The van der Waals surface area contributed by atoms with Crippen molar-refractivity contribution in [3.63, 3.8) is 0 Å². The average Bonchev–Trinajstić information content (AvgIpc) is 3.01. The van der Waals surface area contributed by atoms with Gasteiger partial charge in [-0.2, -0.15) is 0 Å². The van der Waals surface area contributed by atoms with E-state index < -0.39 is 11.7 Å². The Bertz CT molecular complexity index is 701. The first kappa shape index (κ1) is 15.3. The number of aliphatic hydroxyl groups is 2. The van der Waals surface area contributed by atoms with Gasteiger partial charge >= 0.3 is 0 Å². The maximum absolute atomic E-state index is 11.4. The van der Waals surface area contributed by atoms with Crippen LogP contribution in [0.2, 0.25) is 4.34 Å². The third-order valence-electron chi connectivity index (χ3n) is 3.69. The van der Waals surface area contributed by atoms with Gasteiger partial charge in [0.25, 0.3) is 0 Å². The highest BCUT2D eigenvalue weighted by Crippen LogP contribution is 2.43. The third kappa shape index (κ3) is 2.69. The van der Waals surface area contributed by atoms with Crippen LogP contribution in [0.5, 0.6) is 0 Å². The van der Waals surface area contributed by atoms with E-state index >= 15 is 0 Å². The lowest BCUT2D eigenvalue weighted by Gasteiger charge is -2.33. The van der Waals surface area contributed by atoms with Gasteiger partial charge in [0.1, 0.15) is 11.7 Å². The molecule has 1 aromatic heterocycles. The molecule has 2 nitrogen and oxygen atoms in total. The van der Waals surface area contributed by atoms with E-state index in [0.717, 1.165) is 0 Å². The van der Waals surface area contributed by atoms with Crippen LogP contribution >= 0.6 is 22.9 Å². The normalized spacial score (nSPS) is 13.0. The molecular weight excluding hydrogens is 316 g/mol. The number of hydrogen-bond acceptors (Lipinski definition) is 3. The summed E-state index contributed by atoms with van der Waals surface area (Å²) < 4.78 is 0.581. The summed E-state index contributed by atoms with van der Waals surface area (Å²) in [6, 6.07) is 21.8. The fourth-order valence-electron chi connectivity index (χ4n) is 2.55. The molecule has 4 heteroatoms. The average molecular weight is 331 g/mol. The zero-order valence-corrected chi connectivity index (χ0v) is 13.3. The van der Waals surface area contributed by atoms with Crippen LogP contribution in [0.25, 0.3) is 0 Å². The first-order chi connectivity index (χ1) is 10.6. The molecule has 3 rings (SSSR count). The van der Waals surface area contributed by atoms with Crippen molar-refractivity contribution in [1.82, 2.24) is 0 Å². The first-order valence-corrected chi connectivity index (χ1v) is 8.08. The molecule has 1 atom stereocenters. The van der Waals surface area contributed by atoms with Gasteiger partial charge in [0, 0.05) is 4.88 Å². The summed E-state index contributed by atoms with van der Waals surface area (Å²) in [5.41, 5.74) is -0.257. The van der Waals surface area contributed by atoms with E-state index in [0.29, 0.717) is 20.3 Å². The van der Waals surface area contributed by atoms with E-state index in [1.807, 2.05) is 60.7 Å². The number of hydrogen-bond donors (Lipinski definition) is 2. The number of halogens is 1. The maximum atomic E-state index is 11.4. The molecular formula is C18H15ClO2S. The lowest BCUT2D eigenvalue weighted by atomic mass is 9.81. The predicted octanol–water partition coefficient (Wildman–Crippen LogP) is 4.37. The van der Waals surface area contributed by atoms with Crippen LogP contribution in [-0.4, -0.2) is 10.2 Å². The molecule has 2 aromatic carbocycles. The van der Waals surface area contributed by atoms with Crippen LogP contribution in [0.1, 0.15) is 22.1 Å². The fourth-order valence-corrected chi connectivity index (χ4v) is 3.66. The van der Waals surface area contributed by atoms with Gasteiger partial charge in [-0.1, -0.05) is 72.3 Å². The van der Waals surface area contributed by atoms with E-state index in [2.05, 4.69) is 0 Å². The van der Waals surface area contributed by atoms with Gasteiger partial charge in [-0.15, -0.1) is 11.3 Å². The number of aliphatic hydroxyl groups excluding tert-OH is 1. The smallest absolute Gasteiger partial charge is 0.145 e. The Balaban J connectivity index is 2.15. The van der Waals surface area contributed by atoms with E-state index in [-0.39, 0.29) is 0 Å². The summed E-state index contributed by atoms with van der Waals surface area (Å²) >= 11 is 7.24. The molecule has 0 spiro atoms. The molecule has 3 aromatic rings. The summed E-state index contributed by atoms with van der Waals surface area (Å²) in [6.07, 6.45) is -1.10. The molecule has 1 unspecified atom stereocenters. The molecule has 0 amide bonds. The van der Waals surface area contributed by atoms with Crippen molar-refractivity contribution in [3.8, 4) is 0 Å². The number of benzene rings is 2. The monoisotopic (exact) mass is 330 g/mol. The summed E-state index contributed by atoms with van der Waals surface area (Å²) in [5, 5.41) is 22.3. The van der Waals surface area contributed by atoms with Crippen LogP contribution < -0.4 is 0 Å². The zero-order valence-electron chi connectivity index (χ0n) is 11.7. The minimum Gasteiger partial charge on any atom is -0.384 e. The Morgan fingerprint density at radius 1 is 0.818 bits per heavy atom. The highest BCUT2D eigenvalue weighted by Gasteiger charge is 2.40. The van der Waals surface area contributed by atoms with Crippen molar-refractivity contribution in [2.75, 3.05) is 0 Å². The Kier molecular flexibility index (Phi) is 4.32. The van der Waals surface area contributed by atoms with Crippen molar-refractivity contribution >= 4 is 22.9 Å². The lowest BCUT2D eigenvalue weighted by molar-refractivity contribution is -0.0499. The maximum Gasteiger partial charge on any atom is 0.145 e. The van der Waals surface area contributed by atoms with Gasteiger partial charge in [-0.05, 0) is 23.3 Å². The van der Waals surface area contributed by atoms with Crippen molar-refractivity contribution in [1.29, 1.82) is 0 Å². The van der Waals surface area contributed by atoms with Crippen LogP contribution in [-0.2, 0) is 5.60 Å². The highest BCUT2D eigenvalue weighted by molar-refractivity contribution is 7.16. The van der Waals surface area contributed by atoms with E-state index in [9.17, 15) is 10.2 Å². The second-order valence-electron chi connectivity index (χ2n) is 5.04. The Hall–Kier alpha value is -1.65. The fraction of sp³-hybridized carbons (Fsp3) is 0.111. The van der Waals surface area contributed by atoms with E-state index in [1.54, 1.807) is 12.1 Å². The van der Waals surface area contributed by atoms with Gasteiger partial charge in [0.2, 0.25) is 0 Å². The van der Waals surface area contributed by atoms with Gasteiger partial charge in [0.15, 0.2) is 0 Å². The van der Waals surface area contributed by atoms with Gasteiger partial charge in [0.05, 0.1) is 4.34 Å². The van der Waals surface area contributed by atoms with Gasteiger partial charge in [-0.25, -0.2) is 0 Å². The standard InChI is InChI=1S/C18H15ClO2S/c19-16-12-11-15(22-16)17(20)18(21,13-7-3-1-4-8-13)14-9-5-2-6-10-14/h1-12,17,20-21H. The van der Waals surface area contributed by atoms with Crippen molar-refractivity contribution in [2.24, 2.45) is 0 Å². The largest absolute Gasteiger partial charge is 0.384 e. The van der Waals surface area contributed by atoms with Gasteiger partial charge < -0.3 is 10.2 Å². The summed E-state index contributed by atoms with van der Waals surface area (Å²) in [7, 11) is 0. The predicted molar refractivity (Wildman–Crippen MR) is 90.2 cm³/mol. The number of rotatable bonds is 4. The minimum absolute atomic E-state index is 0.581. The van der Waals surface area contributed by atoms with Crippen LogP contribution in [0, 0.1) is 0 Å². The highest BCUT2D eigenvalue weighted by atomic mass is 35.5. The van der Waals surface area contributed by atoms with Crippen LogP contribution in [0.15, 0.2) is 72.8 Å². The molecule has 0 bridgehead atoms. The SMILES string of the molecule is OC(c1ccc(Cl)s1)C(O)(c1ccccc1)c1ccccc1. The molecule has 22 heavy (non-hydrogen) atoms. The molecule has 2 N–H and O–H groups in total. The molecule has 0 saturated heterocycles. The molecule has 0 radical (unpaired) electrons. The Morgan fingerprint density at radius 3 is 1.73 bits per heavy atom. The van der Waals surface area contributed by atoms with Crippen LogP contribution in [0.4, 0.5) is 0 Å². The molecule has 1 heterocycles. The zero-order chi connectivity index (χ0) is 15.6. The number of thiophene rings is 1. The summed E-state index contributed by atoms with van der Waals surface area (Å²) in [4.78, 5) is 0.625. The van der Waals surface area contributed by atoms with Crippen LogP contribution in [0.3, 0.4) is 0 Å². The summed E-state index contributed by atoms with van der Waals surface area (Å²) in [5.74, 6) is 0. The molecule has 0 saturated carbocycles. The topological polar surface area (TPSA) is 40.5 Å². The molecule has 0 aliphatic rings. The molecule has 0 fully saturated rings. The Labute approximate surface area is 138 Å². The second kappa shape index (κ2) is 6.23. The summed E-state index contributed by atoms with van der Waals surface area (Å²) in [6.45, 7) is 0. The molecule has 112 valence electrons. The van der Waals surface area contributed by atoms with E-state index in [1.165, 1.54) is 11.3 Å². The quantitative estimate of drug-likeness (QED) is 0.745. The third-order valence-corrected chi connectivity index (χ3v) is 4.97. The van der Waals surface area contributed by atoms with Crippen molar-refractivity contribution in [2.45, 2.75) is 11.7 Å². The lowest BCUT2D eigenvalue weighted by Crippen LogP contribution is -2.34. The minimum atomic E-state index is -1.53. The Morgan fingerprint density at radius 2 is 1.32 bits per heavy atom. The molecule has 0 aliphatic carbocycles. The molecule has 0 aliphatic heterocycles. The van der Waals surface area contributed by atoms with Crippen molar-refractivity contribution < 1.29 is 10.2 Å². The first-order valence-electron chi connectivity index (χ1n) is 6.89. The van der Waals surface area contributed by atoms with Crippen molar-refractivity contribution in [3.05, 3.63) is 93.1 Å².